The molecular weight excluding hydrogens is 289 g/mol. The van der Waals surface area contributed by atoms with Crippen LogP contribution >= 0.6 is 0 Å². The topological polar surface area (TPSA) is 48.1 Å². The van der Waals surface area contributed by atoms with Gasteiger partial charge in [-0.15, -0.1) is 0 Å². The Labute approximate surface area is 142 Å². The van der Waals surface area contributed by atoms with E-state index in [4.69, 9.17) is 14.2 Å². The van der Waals surface area contributed by atoms with Crippen LogP contribution in [0.4, 0.5) is 0 Å². The molecule has 2 fully saturated rings. The lowest BCUT2D eigenvalue weighted by molar-refractivity contribution is -0.174. The molecule has 1 saturated carbocycles. The zero-order valence-electron chi connectivity index (χ0n) is 15.9. The van der Waals surface area contributed by atoms with Gasteiger partial charge in [0.1, 0.15) is 21.5 Å². The summed E-state index contributed by atoms with van der Waals surface area (Å²) in [7, 11) is 7.50. The number of carbonyl (C=O) groups is 1. The number of hydrogen-bond acceptors (Lipinski definition) is 4. The minimum absolute atomic E-state index is 0.137. The molecule has 1 saturated heterocycles. The fourth-order valence-corrected chi connectivity index (χ4v) is 4.61. The Balaban J connectivity index is 2.37. The zero-order chi connectivity index (χ0) is 17.7. The van der Waals surface area contributed by atoms with Crippen molar-refractivity contribution in [2.75, 3.05) is 20.3 Å². The van der Waals surface area contributed by atoms with E-state index >= 15 is 0 Å². The van der Waals surface area contributed by atoms with Crippen molar-refractivity contribution in [3.05, 3.63) is 11.6 Å². The number of ether oxygens (including phenoxy) is 3. The average molecular weight is 318 g/mol. The van der Waals surface area contributed by atoms with Crippen molar-refractivity contribution < 1.29 is 19.0 Å². The van der Waals surface area contributed by atoms with Crippen LogP contribution in [0, 0.1) is 5.92 Å². The third-order valence-electron chi connectivity index (χ3n) is 5.46. The third kappa shape index (κ3) is 3.20. The van der Waals surface area contributed by atoms with Gasteiger partial charge in [0, 0.05) is 13.0 Å². The molecule has 2 aliphatic rings. The summed E-state index contributed by atoms with van der Waals surface area (Å²) in [5.41, 5.74) is -0.545. The van der Waals surface area contributed by atoms with Crippen molar-refractivity contribution in [2.45, 2.75) is 56.0 Å². The molecular formula is C16H29B3O4. The number of methoxy groups -OCH3 is 1. The lowest BCUT2D eigenvalue weighted by atomic mass is 9.37. The van der Waals surface area contributed by atoms with E-state index < -0.39 is 16.3 Å². The summed E-state index contributed by atoms with van der Waals surface area (Å²) in [5, 5.41) is -0.451. The molecule has 0 aromatic carbocycles. The third-order valence-corrected chi connectivity index (χ3v) is 5.46. The highest BCUT2D eigenvalue weighted by atomic mass is 16.6. The standard InChI is InChI=1S/C16H29B3O4/c1-10(2)6-7-22-13(3,4)11-14(9-23-14)8-15(17,18)12(20)16(11,19)21-5/h6,11H,7-9,17-19H2,1-5H3/t11-,14+,16+/m1/s1. The highest BCUT2D eigenvalue weighted by Crippen LogP contribution is 2.59. The van der Waals surface area contributed by atoms with Gasteiger partial charge in [-0.3, -0.25) is 4.79 Å². The molecule has 126 valence electrons. The molecule has 3 atom stereocenters. The smallest absolute Gasteiger partial charge is 0.153 e. The van der Waals surface area contributed by atoms with Gasteiger partial charge in [0.25, 0.3) is 0 Å². The van der Waals surface area contributed by atoms with E-state index in [1.807, 2.05) is 51.2 Å². The molecule has 0 unspecified atom stereocenters. The molecule has 2 rings (SSSR count). The molecule has 1 aliphatic carbocycles. The molecule has 0 bridgehead atoms. The fourth-order valence-electron chi connectivity index (χ4n) is 4.61. The van der Waals surface area contributed by atoms with Crippen LogP contribution < -0.4 is 0 Å². The van der Waals surface area contributed by atoms with E-state index in [0.717, 1.165) is 6.42 Å². The number of carbonyl (C=O) groups excluding carboxylic acids is 1. The van der Waals surface area contributed by atoms with E-state index in [0.29, 0.717) is 13.2 Å². The number of ketones is 1. The first-order valence-electron chi connectivity index (χ1n) is 8.43. The van der Waals surface area contributed by atoms with E-state index in [1.54, 1.807) is 7.11 Å². The first kappa shape index (κ1) is 18.8. The van der Waals surface area contributed by atoms with Gasteiger partial charge in [0.15, 0.2) is 7.85 Å². The zero-order valence-corrected chi connectivity index (χ0v) is 15.9. The van der Waals surface area contributed by atoms with Gasteiger partial charge in [-0.25, -0.2) is 0 Å². The average Bonchev–Trinajstić information content (AvgIpc) is 3.14. The Kier molecular flexibility index (Phi) is 4.73. The largest absolute Gasteiger partial charge is 0.379 e. The molecule has 4 nitrogen and oxygen atoms in total. The number of rotatable bonds is 5. The molecule has 1 heterocycles. The summed E-state index contributed by atoms with van der Waals surface area (Å²) in [5.74, 6) is -0.00361. The van der Waals surface area contributed by atoms with Crippen LogP contribution in [0.1, 0.15) is 34.1 Å². The number of allylic oxidation sites excluding steroid dienone is 1. The number of Topliss-reactive ketones (excluding diaryl/α,β-unsaturated/α-hetero) is 1. The van der Waals surface area contributed by atoms with Crippen molar-refractivity contribution >= 4 is 29.3 Å². The summed E-state index contributed by atoms with van der Waals surface area (Å²) in [6, 6.07) is 0. The Bertz CT molecular complexity index is 521. The van der Waals surface area contributed by atoms with Crippen LogP contribution in [0.25, 0.3) is 0 Å². The van der Waals surface area contributed by atoms with Crippen LogP contribution in [-0.4, -0.2) is 66.3 Å². The van der Waals surface area contributed by atoms with Crippen molar-refractivity contribution in [1.29, 1.82) is 0 Å². The van der Waals surface area contributed by atoms with Crippen LogP contribution in [0.2, 0.25) is 5.21 Å². The quantitative estimate of drug-likeness (QED) is 0.388. The van der Waals surface area contributed by atoms with Gasteiger partial charge in [0.05, 0.1) is 29.9 Å². The predicted octanol–water partition coefficient (Wildman–Crippen LogP) is -0.536. The van der Waals surface area contributed by atoms with E-state index in [2.05, 4.69) is 6.08 Å². The fraction of sp³-hybridized carbons (Fsp3) is 0.812. The Morgan fingerprint density at radius 3 is 2.39 bits per heavy atom. The minimum atomic E-state index is -0.910. The second-order valence-electron chi connectivity index (χ2n) is 8.68. The Hall–Kier alpha value is -0.515. The monoisotopic (exact) mass is 318 g/mol. The summed E-state index contributed by atoms with van der Waals surface area (Å²) >= 11 is 0. The van der Waals surface area contributed by atoms with Gasteiger partial charge in [-0.1, -0.05) is 11.6 Å². The molecule has 1 spiro atoms. The van der Waals surface area contributed by atoms with E-state index in [-0.39, 0.29) is 17.3 Å². The molecule has 23 heavy (non-hydrogen) atoms. The minimum Gasteiger partial charge on any atom is -0.379 e. The Morgan fingerprint density at radius 2 is 1.96 bits per heavy atom. The summed E-state index contributed by atoms with van der Waals surface area (Å²) in [6.45, 7) is 9.38. The normalized spacial score (nSPS) is 36.0. The molecule has 0 amide bonds. The molecule has 1 aliphatic heterocycles. The van der Waals surface area contributed by atoms with Gasteiger partial charge >= 0.3 is 0 Å². The van der Waals surface area contributed by atoms with Gasteiger partial charge in [0.2, 0.25) is 0 Å². The number of hydrogen-bond donors (Lipinski definition) is 0. The second kappa shape index (κ2) is 5.78. The van der Waals surface area contributed by atoms with E-state index in [9.17, 15) is 4.79 Å². The van der Waals surface area contributed by atoms with Crippen molar-refractivity contribution in [1.82, 2.24) is 0 Å². The van der Waals surface area contributed by atoms with Gasteiger partial charge in [-0.05, 0) is 39.3 Å². The first-order valence-corrected chi connectivity index (χ1v) is 8.43. The molecule has 0 aromatic rings. The maximum atomic E-state index is 13.1. The van der Waals surface area contributed by atoms with E-state index in [1.165, 1.54) is 5.57 Å². The summed E-state index contributed by atoms with van der Waals surface area (Å²) < 4.78 is 17.9. The maximum absolute atomic E-state index is 13.1. The maximum Gasteiger partial charge on any atom is 0.153 e. The summed E-state index contributed by atoms with van der Waals surface area (Å²) in [6.07, 6.45) is 2.78. The highest BCUT2D eigenvalue weighted by Gasteiger charge is 2.71. The first-order chi connectivity index (χ1) is 10.4. The molecule has 0 N–H and O–H groups in total. The van der Waals surface area contributed by atoms with Gasteiger partial charge < -0.3 is 14.2 Å². The van der Waals surface area contributed by atoms with Crippen molar-refractivity contribution in [3.63, 3.8) is 0 Å². The molecule has 0 aromatic heterocycles. The number of epoxide rings is 1. The highest BCUT2D eigenvalue weighted by molar-refractivity contribution is 6.55. The summed E-state index contributed by atoms with van der Waals surface area (Å²) in [4.78, 5) is 13.1. The van der Waals surface area contributed by atoms with Crippen LogP contribution in [-0.2, 0) is 19.0 Å². The molecule has 0 radical (unpaired) electrons. The predicted molar refractivity (Wildman–Crippen MR) is 99.3 cm³/mol. The van der Waals surface area contributed by atoms with Gasteiger partial charge in [-0.2, -0.15) is 0 Å². The lowest BCUT2D eigenvalue weighted by Gasteiger charge is -2.54. The lowest BCUT2D eigenvalue weighted by Crippen LogP contribution is -2.68. The SMILES string of the molecule is BC1(B)C[C@]2(CO2)[C@@H](C(C)(C)OCC=C(C)C)[C@](B)(OC)C1=O. The van der Waals surface area contributed by atoms with Crippen molar-refractivity contribution in [2.24, 2.45) is 5.92 Å². The van der Waals surface area contributed by atoms with Crippen LogP contribution in [0.3, 0.4) is 0 Å². The second-order valence-corrected chi connectivity index (χ2v) is 8.68. The molecule has 7 heteroatoms. The van der Waals surface area contributed by atoms with Crippen LogP contribution in [0.5, 0.6) is 0 Å². The van der Waals surface area contributed by atoms with Crippen LogP contribution in [0.15, 0.2) is 11.6 Å². The van der Waals surface area contributed by atoms with Crippen molar-refractivity contribution in [3.8, 4) is 0 Å². The Morgan fingerprint density at radius 1 is 1.39 bits per heavy atom.